The van der Waals surface area contributed by atoms with Crippen molar-refractivity contribution in [3.8, 4) is 0 Å². The molecule has 1 amide bonds. The van der Waals surface area contributed by atoms with Crippen LogP contribution in [0.4, 0.5) is 4.79 Å². The minimum Gasteiger partial charge on any atom is -0.480 e. The van der Waals surface area contributed by atoms with E-state index in [0.717, 1.165) is 4.90 Å². The van der Waals surface area contributed by atoms with Gasteiger partial charge in [0.25, 0.3) is 0 Å². The number of aldehydes is 1. The van der Waals surface area contributed by atoms with Gasteiger partial charge in [0.15, 0.2) is 0 Å². The van der Waals surface area contributed by atoms with Crippen molar-refractivity contribution < 1.29 is 24.2 Å². The topological polar surface area (TPSA) is 83.9 Å². The van der Waals surface area contributed by atoms with E-state index in [1.807, 2.05) is 0 Å². The van der Waals surface area contributed by atoms with Crippen LogP contribution in [0, 0.1) is 0 Å². The van der Waals surface area contributed by atoms with E-state index in [4.69, 9.17) is 4.74 Å². The molecule has 0 radical (unpaired) electrons. The summed E-state index contributed by atoms with van der Waals surface area (Å²) in [5.74, 6) is -1.16. The number of amides is 1. The SMILES string of the molecule is CN(C(=O)OC(C)(C)C)[C@H](Cc1ccccc1C=O)C(=O)O. The average molecular weight is 307 g/mol. The molecule has 0 aliphatic carbocycles. The molecule has 0 heterocycles. The van der Waals surface area contributed by atoms with Crippen LogP contribution < -0.4 is 0 Å². The molecule has 0 aliphatic rings. The number of hydrogen-bond donors (Lipinski definition) is 1. The molecule has 0 saturated heterocycles. The molecule has 6 heteroatoms. The molecular weight excluding hydrogens is 286 g/mol. The Kier molecular flexibility index (Phi) is 5.68. The summed E-state index contributed by atoms with van der Waals surface area (Å²) in [6.45, 7) is 5.11. The third-order valence-corrected chi connectivity index (χ3v) is 3.03. The Morgan fingerprint density at radius 1 is 1.32 bits per heavy atom. The van der Waals surface area contributed by atoms with Crippen molar-refractivity contribution in [3.05, 3.63) is 35.4 Å². The molecule has 0 fully saturated rings. The van der Waals surface area contributed by atoms with Gasteiger partial charge in [-0.15, -0.1) is 0 Å². The molecule has 0 aromatic heterocycles. The van der Waals surface area contributed by atoms with Crippen LogP contribution in [0.3, 0.4) is 0 Å². The molecule has 0 unspecified atom stereocenters. The summed E-state index contributed by atoms with van der Waals surface area (Å²) in [6.07, 6.45) is -0.0229. The number of likely N-dealkylation sites (N-methyl/N-ethyl adjacent to an activating group) is 1. The highest BCUT2D eigenvalue weighted by atomic mass is 16.6. The Bertz CT molecular complexity index is 562. The summed E-state index contributed by atoms with van der Waals surface area (Å²) in [7, 11) is 1.37. The monoisotopic (exact) mass is 307 g/mol. The van der Waals surface area contributed by atoms with E-state index < -0.39 is 23.7 Å². The Balaban J connectivity index is 2.96. The minimum atomic E-state index is -1.16. The molecule has 120 valence electrons. The van der Waals surface area contributed by atoms with Crippen LogP contribution in [0.5, 0.6) is 0 Å². The van der Waals surface area contributed by atoms with Crippen LogP contribution in [0.1, 0.15) is 36.7 Å². The number of aliphatic carboxylic acids is 1. The van der Waals surface area contributed by atoms with Crippen LogP contribution in [0.2, 0.25) is 0 Å². The van der Waals surface area contributed by atoms with Crippen molar-refractivity contribution in [1.29, 1.82) is 0 Å². The predicted molar refractivity (Wildman–Crippen MR) is 81.0 cm³/mol. The van der Waals surface area contributed by atoms with Gasteiger partial charge < -0.3 is 9.84 Å². The maximum atomic E-state index is 12.0. The quantitative estimate of drug-likeness (QED) is 0.844. The second-order valence-corrected chi connectivity index (χ2v) is 5.97. The van der Waals surface area contributed by atoms with Crippen molar-refractivity contribution in [1.82, 2.24) is 4.90 Å². The summed E-state index contributed by atoms with van der Waals surface area (Å²) in [5.41, 5.74) is 0.265. The number of carboxylic acids is 1. The zero-order chi connectivity index (χ0) is 16.9. The number of ether oxygens (including phenoxy) is 1. The van der Waals surface area contributed by atoms with E-state index in [1.54, 1.807) is 45.0 Å². The van der Waals surface area contributed by atoms with Crippen molar-refractivity contribution in [3.63, 3.8) is 0 Å². The van der Waals surface area contributed by atoms with Crippen molar-refractivity contribution >= 4 is 18.3 Å². The van der Waals surface area contributed by atoms with Crippen LogP contribution in [0.25, 0.3) is 0 Å². The van der Waals surface area contributed by atoms with Crippen LogP contribution in [-0.2, 0) is 16.0 Å². The van der Waals surface area contributed by atoms with E-state index in [9.17, 15) is 19.5 Å². The molecular formula is C16H21NO5. The van der Waals surface area contributed by atoms with Crippen LogP contribution >= 0.6 is 0 Å². The Morgan fingerprint density at radius 3 is 2.41 bits per heavy atom. The van der Waals surface area contributed by atoms with E-state index >= 15 is 0 Å². The maximum Gasteiger partial charge on any atom is 0.410 e. The number of benzene rings is 1. The van der Waals surface area contributed by atoms with Crippen molar-refractivity contribution in [2.45, 2.75) is 38.8 Å². The largest absolute Gasteiger partial charge is 0.480 e. The lowest BCUT2D eigenvalue weighted by Crippen LogP contribution is -2.46. The summed E-state index contributed by atoms with van der Waals surface area (Å²) < 4.78 is 5.18. The molecule has 1 aromatic carbocycles. The Morgan fingerprint density at radius 2 is 1.91 bits per heavy atom. The Hall–Kier alpha value is -2.37. The second kappa shape index (κ2) is 7.06. The van der Waals surface area contributed by atoms with E-state index in [-0.39, 0.29) is 6.42 Å². The molecule has 0 spiro atoms. The fraction of sp³-hybridized carbons (Fsp3) is 0.438. The van der Waals surface area contributed by atoms with Gasteiger partial charge in [-0.05, 0) is 26.3 Å². The molecule has 1 aromatic rings. The van der Waals surface area contributed by atoms with Crippen LogP contribution in [-0.4, -0.2) is 47.0 Å². The summed E-state index contributed by atoms with van der Waals surface area (Å²) in [5, 5.41) is 9.38. The first kappa shape index (κ1) is 17.7. The first-order chi connectivity index (χ1) is 10.2. The van der Waals surface area contributed by atoms with E-state index in [2.05, 4.69) is 0 Å². The molecule has 1 N–H and O–H groups in total. The summed E-state index contributed by atoms with van der Waals surface area (Å²) in [4.78, 5) is 35.6. The average Bonchev–Trinajstić information content (AvgIpc) is 2.42. The number of carboxylic acid groups (broad SMARTS) is 1. The fourth-order valence-electron chi connectivity index (χ4n) is 1.89. The lowest BCUT2D eigenvalue weighted by molar-refractivity contribution is -0.142. The van der Waals surface area contributed by atoms with Gasteiger partial charge in [0.2, 0.25) is 0 Å². The lowest BCUT2D eigenvalue weighted by Gasteiger charge is -2.28. The number of carbonyl (C=O) groups is 3. The smallest absolute Gasteiger partial charge is 0.410 e. The number of nitrogens with zero attached hydrogens (tertiary/aromatic N) is 1. The standard InChI is InChI=1S/C16H21NO5/c1-16(2,3)22-15(21)17(4)13(14(19)20)9-11-7-5-6-8-12(11)10-18/h5-8,10,13H,9H2,1-4H3,(H,19,20)/t13-/m1/s1. The molecule has 22 heavy (non-hydrogen) atoms. The first-order valence-corrected chi connectivity index (χ1v) is 6.87. The van der Waals surface area contributed by atoms with Gasteiger partial charge in [0.1, 0.15) is 17.9 Å². The normalized spacial score (nSPS) is 12.4. The highest BCUT2D eigenvalue weighted by molar-refractivity contribution is 5.82. The summed E-state index contributed by atoms with van der Waals surface area (Å²) >= 11 is 0. The van der Waals surface area contributed by atoms with Gasteiger partial charge in [0.05, 0.1) is 0 Å². The van der Waals surface area contributed by atoms with Crippen molar-refractivity contribution in [2.75, 3.05) is 7.05 Å². The zero-order valence-electron chi connectivity index (χ0n) is 13.2. The van der Waals surface area contributed by atoms with Gasteiger partial charge in [-0.3, -0.25) is 9.69 Å². The van der Waals surface area contributed by atoms with Gasteiger partial charge in [-0.25, -0.2) is 9.59 Å². The summed E-state index contributed by atoms with van der Waals surface area (Å²) in [6, 6.07) is 5.57. The number of rotatable bonds is 5. The van der Waals surface area contributed by atoms with Gasteiger partial charge in [-0.1, -0.05) is 24.3 Å². The van der Waals surface area contributed by atoms with Crippen LogP contribution in [0.15, 0.2) is 24.3 Å². The predicted octanol–water partition coefficient (Wildman–Crippen LogP) is 2.36. The van der Waals surface area contributed by atoms with E-state index in [1.165, 1.54) is 7.05 Å². The maximum absolute atomic E-state index is 12.0. The molecule has 0 aliphatic heterocycles. The Labute approximate surface area is 129 Å². The molecule has 1 rings (SSSR count). The van der Waals surface area contributed by atoms with Crippen molar-refractivity contribution in [2.24, 2.45) is 0 Å². The molecule has 6 nitrogen and oxygen atoms in total. The molecule has 1 atom stereocenters. The zero-order valence-corrected chi connectivity index (χ0v) is 13.2. The van der Waals surface area contributed by atoms with E-state index in [0.29, 0.717) is 17.4 Å². The third kappa shape index (κ3) is 4.87. The highest BCUT2D eigenvalue weighted by Crippen LogP contribution is 2.15. The minimum absolute atomic E-state index is 0.0278. The highest BCUT2D eigenvalue weighted by Gasteiger charge is 2.30. The third-order valence-electron chi connectivity index (χ3n) is 3.03. The van der Waals surface area contributed by atoms with Gasteiger partial charge in [0, 0.05) is 19.0 Å². The number of hydrogen-bond acceptors (Lipinski definition) is 4. The lowest BCUT2D eigenvalue weighted by atomic mass is 10.0. The van der Waals surface area contributed by atoms with Gasteiger partial charge >= 0.3 is 12.1 Å². The number of carbonyl (C=O) groups excluding carboxylic acids is 2. The second-order valence-electron chi connectivity index (χ2n) is 5.97. The molecule has 0 bridgehead atoms. The fourth-order valence-corrected chi connectivity index (χ4v) is 1.89. The van der Waals surface area contributed by atoms with Gasteiger partial charge in [-0.2, -0.15) is 0 Å². The molecule has 0 saturated carbocycles. The first-order valence-electron chi connectivity index (χ1n) is 6.87.